The summed E-state index contributed by atoms with van der Waals surface area (Å²) in [4.78, 5) is 29.6. The Hall–Kier alpha value is -1.82. The van der Waals surface area contributed by atoms with Gasteiger partial charge in [0.25, 0.3) is 5.91 Å². The Bertz CT molecular complexity index is 816. The van der Waals surface area contributed by atoms with Gasteiger partial charge in [0.1, 0.15) is 11.7 Å². The molecule has 3 atom stereocenters. The van der Waals surface area contributed by atoms with E-state index < -0.39 is 12.0 Å². The van der Waals surface area contributed by atoms with Crippen LogP contribution in [0, 0.1) is 5.92 Å². The van der Waals surface area contributed by atoms with E-state index in [1.807, 2.05) is 24.3 Å². The Kier molecular flexibility index (Phi) is 3.87. The molecule has 4 rings (SSSR count). The van der Waals surface area contributed by atoms with E-state index in [-0.39, 0.29) is 11.9 Å². The summed E-state index contributed by atoms with van der Waals surface area (Å²) in [5.74, 6) is -0.761. The third-order valence-electron chi connectivity index (χ3n) is 5.42. The van der Waals surface area contributed by atoms with Gasteiger partial charge in [-0.05, 0) is 43.4 Å². The SMILES string of the molecule is O=C(O)C1CC2CCCCC2N1C(=O)c1cc2ccc(Br)cc2[nH]1. The van der Waals surface area contributed by atoms with Gasteiger partial charge in [0.2, 0.25) is 0 Å². The van der Waals surface area contributed by atoms with Crippen molar-refractivity contribution >= 4 is 38.7 Å². The highest BCUT2D eigenvalue weighted by Gasteiger charge is 2.47. The van der Waals surface area contributed by atoms with Gasteiger partial charge in [-0.1, -0.05) is 34.8 Å². The second-order valence-corrected chi connectivity index (χ2v) is 7.74. The van der Waals surface area contributed by atoms with Crippen molar-refractivity contribution in [2.75, 3.05) is 0 Å². The van der Waals surface area contributed by atoms with Gasteiger partial charge < -0.3 is 15.0 Å². The maximum Gasteiger partial charge on any atom is 0.326 e. The first-order valence-electron chi connectivity index (χ1n) is 8.38. The van der Waals surface area contributed by atoms with Crippen molar-refractivity contribution in [1.29, 1.82) is 0 Å². The molecule has 1 amide bonds. The van der Waals surface area contributed by atoms with Crippen LogP contribution in [0.2, 0.25) is 0 Å². The molecule has 3 unspecified atom stereocenters. The quantitative estimate of drug-likeness (QED) is 0.818. The fourth-order valence-corrected chi connectivity index (χ4v) is 4.69. The van der Waals surface area contributed by atoms with Crippen LogP contribution in [0.5, 0.6) is 0 Å². The highest BCUT2D eigenvalue weighted by molar-refractivity contribution is 9.10. The molecule has 2 fully saturated rings. The van der Waals surface area contributed by atoms with Crippen LogP contribution in [0.25, 0.3) is 10.9 Å². The molecule has 1 aromatic carbocycles. The number of fused-ring (bicyclic) bond motifs is 2. The zero-order valence-electron chi connectivity index (χ0n) is 13.2. The van der Waals surface area contributed by atoms with Gasteiger partial charge in [0.05, 0.1) is 0 Å². The first kappa shape index (κ1) is 15.7. The van der Waals surface area contributed by atoms with E-state index in [1.54, 1.807) is 4.90 Å². The maximum absolute atomic E-state index is 13.1. The number of carboxylic acid groups (broad SMARTS) is 1. The molecule has 0 bridgehead atoms. The highest BCUT2D eigenvalue weighted by atomic mass is 79.9. The van der Waals surface area contributed by atoms with Crippen LogP contribution in [0.4, 0.5) is 0 Å². The number of amides is 1. The van der Waals surface area contributed by atoms with Crippen LogP contribution in [0.15, 0.2) is 28.7 Å². The summed E-state index contributed by atoms with van der Waals surface area (Å²) in [6.45, 7) is 0. The summed E-state index contributed by atoms with van der Waals surface area (Å²) in [5, 5.41) is 10.5. The van der Waals surface area contributed by atoms with Gasteiger partial charge in [0, 0.05) is 21.4 Å². The van der Waals surface area contributed by atoms with Crippen molar-refractivity contribution in [1.82, 2.24) is 9.88 Å². The Balaban J connectivity index is 1.70. The monoisotopic (exact) mass is 390 g/mol. The molecule has 1 aliphatic carbocycles. The lowest BCUT2D eigenvalue weighted by molar-refractivity contribution is -0.141. The molecule has 1 saturated heterocycles. The number of carbonyl (C=O) groups is 2. The molecule has 2 aliphatic rings. The van der Waals surface area contributed by atoms with E-state index in [2.05, 4.69) is 20.9 Å². The fourth-order valence-electron chi connectivity index (χ4n) is 4.33. The number of aromatic amines is 1. The van der Waals surface area contributed by atoms with Gasteiger partial charge in [0.15, 0.2) is 0 Å². The number of rotatable bonds is 2. The van der Waals surface area contributed by atoms with E-state index >= 15 is 0 Å². The van der Waals surface area contributed by atoms with Crippen LogP contribution >= 0.6 is 15.9 Å². The molecular formula is C18H19BrN2O3. The van der Waals surface area contributed by atoms with Crippen LogP contribution in [-0.2, 0) is 4.79 Å². The number of aliphatic carboxylic acids is 1. The number of halogens is 1. The zero-order chi connectivity index (χ0) is 16.8. The molecule has 1 aromatic heterocycles. The van der Waals surface area contributed by atoms with E-state index in [1.165, 1.54) is 0 Å². The second-order valence-electron chi connectivity index (χ2n) is 6.83. The minimum absolute atomic E-state index is 0.0606. The Labute approximate surface area is 148 Å². The minimum Gasteiger partial charge on any atom is -0.480 e. The summed E-state index contributed by atoms with van der Waals surface area (Å²) >= 11 is 3.43. The third kappa shape index (κ3) is 2.53. The van der Waals surface area contributed by atoms with Crippen molar-refractivity contribution in [2.45, 2.75) is 44.2 Å². The van der Waals surface area contributed by atoms with Crippen LogP contribution < -0.4 is 0 Å². The molecule has 2 N–H and O–H groups in total. The molecule has 1 saturated carbocycles. The largest absolute Gasteiger partial charge is 0.480 e. The number of aromatic nitrogens is 1. The molecule has 0 spiro atoms. The van der Waals surface area contributed by atoms with Crippen LogP contribution in [-0.4, -0.2) is 39.0 Å². The van der Waals surface area contributed by atoms with Gasteiger partial charge in [-0.2, -0.15) is 0 Å². The molecule has 126 valence electrons. The summed E-state index contributed by atoms with van der Waals surface area (Å²) in [6, 6.07) is 6.97. The Morgan fingerprint density at radius 2 is 2.00 bits per heavy atom. The van der Waals surface area contributed by atoms with Crippen molar-refractivity contribution in [3.8, 4) is 0 Å². The maximum atomic E-state index is 13.1. The van der Waals surface area contributed by atoms with Crippen molar-refractivity contribution < 1.29 is 14.7 Å². The fraction of sp³-hybridized carbons (Fsp3) is 0.444. The summed E-state index contributed by atoms with van der Waals surface area (Å²) in [5.41, 5.74) is 1.35. The molecule has 24 heavy (non-hydrogen) atoms. The number of hydrogen-bond donors (Lipinski definition) is 2. The number of benzene rings is 1. The zero-order valence-corrected chi connectivity index (χ0v) is 14.8. The summed E-state index contributed by atoms with van der Waals surface area (Å²) < 4.78 is 0.938. The first-order valence-corrected chi connectivity index (χ1v) is 9.17. The predicted molar refractivity (Wildman–Crippen MR) is 94.0 cm³/mol. The second kappa shape index (κ2) is 5.92. The summed E-state index contributed by atoms with van der Waals surface area (Å²) in [6.07, 6.45) is 4.72. The number of likely N-dealkylation sites (tertiary alicyclic amines) is 1. The molecule has 2 heterocycles. The van der Waals surface area contributed by atoms with Crippen molar-refractivity contribution in [3.63, 3.8) is 0 Å². The molecule has 6 heteroatoms. The lowest BCUT2D eigenvalue weighted by atomic mass is 9.84. The van der Waals surface area contributed by atoms with Crippen LogP contribution in [0.3, 0.4) is 0 Å². The number of H-pyrrole nitrogens is 1. The number of hydrogen-bond acceptors (Lipinski definition) is 2. The van der Waals surface area contributed by atoms with E-state index in [0.717, 1.165) is 41.1 Å². The Morgan fingerprint density at radius 3 is 2.79 bits per heavy atom. The van der Waals surface area contributed by atoms with E-state index in [9.17, 15) is 14.7 Å². The highest BCUT2D eigenvalue weighted by Crippen LogP contribution is 2.40. The van der Waals surface area contributed by atoms with E-state index in [0.29, 0.717) is 18.0 Å². The molecule has 1 aliphatic heterocycles. The molecular weight excluding hydrogens is 372 g/mol. The lowest BCUT2D eigenvalue weighted by Gasteiger charge is -2.32. The topological polar surface area (TPSA) is 73.4 Å². The van der Waals surface area contributed by atoms with Gasteiger partial charge in [-0.25, -0.2) is 4.79 Å². The minimum atomic E-state index is -0.892. The summed E-state index contributed by atoms with van der Waals surface area (Å²) in [7, 11) is 0. The molecule has 2 aromatic rings. The third-order valence-corrected chi connectivity index (χ3v) is 5.92. The van der Waals surface area contributed by atoms with Crippen molar-refractivity contribution in [3.05, 3.63) is 34.4 Å². The molecule has 5 nitrogen and oxygen atoms in total. The van der Waals surface area contributed by atoms with Gasteiger partial charge in [-0.15, -0.1) is 0 Å². The number of carboxylic acids is 1. The van der Waals surface area contributed by atoms with Gasteiger partial charge in [-0.3, -0.25) is 4.79 Å². The lowest BCUT2D eigenvalue weighted by Crippen LogP contribution is -2.46. The standard InChI is InChI=1S/C18H19BrN2O3/c19-12-6-5-10-7-14(20-13(10)9-12)17(22)21-15-4-2-1-3-11(15)8-16(21)18(23)24/h5-7,9,11,15-16,20H,1-4,8H2,(H,23,24). The van der Waals surface area contributed by atoms with Gasteiger partial charge >= 0.3 is 5.97 Å². The predicted octanol–water partition coefficient (Wildman–Crippen LogP) is 3.79. The van der Waals surface area contributed by atoms with Crippen molar-refractivity contribution in [2.24, 2.45) is 5.92 Å². The number of nitrogens with one attached hydrogen (secondary N) is 1. The van der Waals surface area contributed by atoms with Crippen LogP contribution in [0.1, 0.15) is 42.6 Å². The first-order chi connectivity index (χ1) is 11.5. The Morgan fingerprint density at radius 1 is 1.21 bits per heavy atom. The van der Waals surface area contributed by atoms with E-state index in [4.69, 9.17) is 0 Å². The number of nitrogens with zero attached hydrogens (tertiary/aromatic N) is 1. The average Bonchev–Trinajstić information content (AvgIpc) is 3.15. The molecule has 0 radical (unpaired) electrons. The number of carbonyl (C=O) groups excluding carboxylic acids is 1. The average molecular weight is 391 g/mol. The normalized spacial score (nSPS) is 26.5. The smallest absolute Gasteiger partial charge is 0.326 e.